The van der Waals surface area contributed by atoms with E-state index in [-0.39, 0.29) is 11.6 Å². The van der Waals surface area contributed by atoms with Gasteiger partial charge in [-0.25, -0.2) is 9.97 Å². The lowest BCUT2D eigenvalue weighted by Gasteiger charge is -2.12. The third kappa shape index (κ3) is 3.34. The van der Waals surface area contributed by atoms with Crippen LogP contribution in [0.5, 0.6) is 11.6 Å². The van der Waals surface area contributed by atoms with Crippen molar-refractivity contribution in [2.75, 3.05) is 0 Å². The number of pyridine rings is 3. The number of nitrogens with zero attached hydrogens (tertiary/aromatic N) is 3. The van der Waals surface area contributed by atoms with E-state index in [2.05, 4.69) is 15.0 Å². The van der Waals surface area contributed by atoms with E-state index in [1.54, 1.807) is 24.7 Å². The van der Waals surface area contributed by atoms with Gasteiger partial charge in [0.15, 0.2) is 0 Å². The molecule has 0 unspecified atom stereocenters. The minimum atomic E-state index is -4.48. The van der Waals surface area contributed by atoms with E-state index in [1.807, 2.05) is 19.1 Å². The monoisotopic (exact) mass is 331 g/mol. The van der Waals surface area contributed by atoms with Crippen LogP contribution in [0.4, 0.5) is 13.2 Å². The Morgan fingerprint density at radius 2 is 1.75 bits per heavy atom. The standard InChI is InChI=1S/C17H12F3N3O/c1-11-6-8-21-10-14(11)13-3-2-7-22-16(13)24-12-4-5-15(23-9-12)17(18,19)20/h2-10H,1H3. The molecule has 0 radical (unpaired) electrons. The second-order valence-electron chi connectivity index (χ2n) is 5.03. The van der Waals surface area contributed by atoms with E-state index in [0.29, 0.717) is 5.56 Å². The quantitative estimate of drug-likeness (QED) is 0.700. The Kier molecular flexibility index (Phi) is 4.16. The summed E-state index contributed by atoms with van der Waals surface area (Å²) in [5, 5.41) is 0. The molecule has 3 heterocycles. The highest BCUT2D eigenvalue weighted by atomic mass is 19.4. The molecule has 0 aliphatic heterocycles. The molecule has 0 aliphatic rings. The van der Waals surface area contributed by atoms with Gasteiger partial charge in [0.05, 0.1) is 6.20 Å². The summed E-state index contributed by atoms with van der Waals surface area (Å²) in [6.07, 6.45) is 1.45. The molecular formula is C17H12F3N3O. The van der Waals surface area contributed by atoms with Crippen molar-refractivity contribution in [2.24, 2.45) is 0 Å². The van der Waals surface area contributed by atoms with Crippen LogP contribution in [-0.4, -0.2) is 15.0 Å². The zero-order chi connectivity index (χ0) is 17.2. The SMILES string of the molecule is Cc1ccncc1-c1cccnc1Oc1ccc(C(F)(F)F)nc1. The van der Waals surface area contributed by atoms with Gasteiger partial charge in [-0.15, -0.1) is 0 Å². The highest BCUT2D eigenvalue weighted by Crippen LogP contribution is 2.33. The van der Waals surface area contributed by atoms with Gasteiger partial charge in [0.2, 0.25) is 5.88 Å². The summed E-state index contributed by atoms with van der Waals surface area (Å²) in [4.78, 5) is 11.6. The number of rotatable bonds is 3. The van der Waals surface area contributed by atoms with E-state index in [1.165, 1.54) is 6.07 Å². The van der Waals surface area contributed by atoms with Gasteiger partial charge in [-0.1, -0.05) is 0 Å². The Morgan fingerprint density at radius 3 is 2.42 bits per heavy atom. The molecule has 0 aliphatic carbocycles. The summed E-state index contributed by atoms with van der Waals surface area (Å²) in [6, 6.07) is 7.49. The van der Waals surface area contributed by atoms with Gasteiger partial charge in [-0.05, 0) is 42.8 Å². The number of aromatic nitrogens is 3. The van der Waals surface area contributed by atoms with Crippen LogP contribution in [0.2, 0.25) is 0 Å². The predicted molar refractivity (Wildman–Crippen MR) is 81.5 cm³/mol. The summed E-state index contributed by atoms with van der Waals surface area (Å²) >= 11 is 0. The van der Waals surface area contributed by atoms with Crippen LogP contribution in [0.3, 0.4) is 0 Å². The first kappa shape index (κ1) is 15.9. The zero-order valence-corrected chi connectivity index (χ0v) is 12.6. The lowest BCUT2D eigenvalue weighted by molar-refractivity contribution is -0.141. The highest BCUT2D eigenvalue weighted by Gasteiger charge is 2.32. The average Bonchev–Trinajstić information content (AvgIpc) is 2.56. The van der Waals surface area contributed by atoms with Crippen LogP contribution in [-0.2, 0) is 6.18 Å². The smallest absolute Gasteiger partial charge is 0.433 e. The highest BCUT2D eigenvalue weighted by molar-refractivity contribution is 5.70. The summed E-state index contributed by atoms with van der Waals surface area (Å²) in [5.41, 5.74) is 1.54. The third-order valence-electron chi connectivity index (χ3n) is 3.34. The van der Waals surface area contributed by atoms with Gasteiger partial charge < -0.3 is 4.74 Å². The Balaban J connectivity index is 1.93. The van der Waals surface area contributed by atoms with Crippen LogP contribution in [0.25, 0.3) is 11.1 Å². The molecule has 3 aromatic rings. The molecule has 24 heavy (non-hydrogen) atoms. The van der Waals surface area contributed by atoms with Crippen molar-refractivity contribution >= 4 is 0 Å². The van der Waals surface area contributed by atoms with Crippen LogP contribution in [0.15, 0.2) is 55.1 Å². The van der Waals surface area contributed by atoms with Gasteiger partial charge in [0.25, 0.3) is 0 Å². The molecule has 0 aromatic carbocycles. The predicted octanol–water partition coefficient (Wildman–Crippen LogP) is 4.66. The molecule has 3 rings (SSSR count). The molecule has 0 bridgehead atoms. The summed E-state index contributed by atoms with van der Waals surface area (Å²) in [6.45, 7) is 1.92. The Bertz CT molecular complexity index is 848. The second kappa shape index (κ2) is 6.27. The molecule has 0 fully saturated rings. The topological polar surface area (TPSA) is 47.9 Å². The number of aryl methyl sites for hydroxylation is 1. The van der Waals surface area contributed by atoms with E-state index in [4.69, 9.17) is 4.74 Å². The number of hydrogen-bond acceptors (Lipinski definition) is 4. The normalized spacial score (nSPS) is 11.3. The van der Waals surface area contributed by atoms with Crippen LogP contribution in [0.1, 0.15) is 11.3 Å². The Morgan fingerprint density at radius 1 is 0.917 bits per heavy atom. The second-order valence-corrected chi connectivity index (χ2v) is 5.03. The molecule has 0 saturated heterocycles. The van der Waals surface area contributed by atoms with Crippen LogP contribution >= 0.6 is 0 Å². The maximum absolute atomic E-state index is 12.6. The number of ether oxygens (including phenoxy) is 1. The van der Waals surface area contributed by atoms with Crippen molar-refractivity contribution in [1.82, 2.24) is 15.0 Å². The van der Waals surface area contributed by atoms with E-state index < -0.39 is 11.9 Å². The fraction of sp³-hybridized carbons (Fsp3) is 0.118. The molecule has 0 amide bonds. The van der Waals surface area contributed by atoms with Crippen LogP contribution in [0, 0.1) is 6.92 Å². The Labute approximate surface area is 136 Å². The van der Waals surface area contributed by atoms with Crippen molar-refractivity contribution in [3.8, 4) is 22.8 Å². The number of hydrogen-bond donors (Lipinski definition) is 0. The molecule has 7 heteroatoms. The van der Waals surface area contributed by atoms with Gasteiger partial charge in [-0.3, -0.25) is 4.98 Å². The fourth-order valence-electron chi connectivity index (χ4n) is 2.14. The molecule has 0 atom stereocenters. The van der Waals surface area contributed by atoms with Gasteiger partial charge in [0, 0.05) is 29.7 Å². The Hall–Kier alpha value is -2.96. The first-order valence-corrected chi connectivity index (χ1v) is 7.02. The molecule has 0 saturated carbocycles. The van der Waals surface area contributed by atoms with Crippen molar-refractivity contribution in [1.29, 1.82) is 0 Å². The maximum atomic E-state index is 12.6. The number of alkyl halides is 3. The van der Waals surface area contributed by atoms with Crippen LogP contribution < -0.4 is 4.74 Å². The largest absolute Gasteiger partial charge is 0.437 e. The minimum Gasteiger partial charge on any atom is -0.437 e. The van der Waals surface area contributed by atoms with Gasteiger partial charge in [0.1, 0.15) is 11.4 Å². The fourth-order valence-corrected chi connectivity index (χ4v) is 2.14. The molecule has 0 N–H and O–H groups in total. The number of halogens is 3. The lowest BCUT2D eigenvalue weighted by Crippen LogP contribution is -2.07. The summed E-state index contributed by atoms with van der Waals surface area (Å²) < 4.78 is 43.3. The molecular weight excluding hydrogens is 319 g/mol. The van der Waals surface area contributed by atoms with Gasteiger partial charge in [-0.2, -0.15) is 13.2 Å². The minimum absolute atomic E-state index is 0.171. The molecule has 4 nitrogen and oxygen atoms in total. The van der Waals surface area contributed by atoms with E-state index in [9.17, 15) is 13.2 Å². The maximum Gasteiger partial charge on any atom is 0.433 e. The van der Waals surface area contributed by atoms with Crippen molar-refractivity contribution in [2.45, 2.75) is 13.1 Å². The van der Waals surface area contributed by atoms with Crippen molar-refractivity contribution in [3.63, 3.8) is 0 Å². The zero-order valence-electron chi connectivity index (χ0n) is 12.6. The molecule has 3 aromatic heterocycles. The first-order chi connectivity index (χ1) is 11.4. The molecule has 0 spiro atoms. The average molecular weight is 331 g/mol. The first-order valence-electron chi connectivity index (χ1n) is 7.02. The van der Waals surface area contributed by atoms with Gasteiger partial charge >= 0.3 is 6.18 Å². The van der Waals surface area contributed by atoms with E-state index in [0.717, 1.165) is 23.4 Å². The van der Waals surface area contributed by atoms with Crippen molar-refractivity contribution < 1.29 is 17.9 Å². The summed E-state index contributed by atoms with van der Waals surface area (Å²) in [7, 11) is 0. The molecule has 122 valence electrons. The van der Waals surface area contributed by atoms with E-state index >= 15 is 0 Å². The van der Waals surface area contributed by atoms with Crippen molar-refractivity contribution in [3.05, 3.63) is 66.4 Å². The third-order valence-corrected chi connectivity index (χ3v) is 3.34. The summed E-state index contributed by atoms with van der Waals surface area (Å²) in [5.74, 6) is 0.444. The lowest BCUT2D eigenvalue weighted by atomic mass is 10.0.